The molecular weight excluding hydrogens is 656 g/mol. The average molecular weight is 731 g/mol. The quantitative estimate of drug-likeness (QED) is 0.0630. The van der Waals surface area contributed by atoms with Crippen LogP contribution in [-0.4, -0.2) is 92.5 Å². The molecule has 0 fully saturated rings. The topological polar surface area (TPSA) is 73.8 Å². The first-order valence-corrected chi connectivity index (χ1v) is 20.7. The highest BCUT2D eigenvalue weighted by molar-refractivity contribution is 5.28. The van der Waals surface area contributed by atoms with Crippen LogP contribution in [0.15, 0.2) is 48.5 Å². The maximum atomic E-state index is 5.80. The Morgan fingerprint density at radius 2 is 0.538 bits per heavy atom. The fraction of sp³-hybridized carbons (Fsp3) is 0.727. The highest BCUT2D eigenvalue weighted by Gasteiger charge is 2.00. The predicted octanol–water partition coefficient (Wildman–Crippen LogP) is 9.83. The number of hydrogen-bond donors (Lipinski definition) is 0. The second kappa shape index (κ2) is 35.8. The highest BCUT2D eigenvalue weighted by atomic mass is 16.6. The van der Waals surface area contributed by atoms with Crippen LogP contribution >= 0.6 is 0 Å². The Bertz CT molecular complexity index is 919. The van der Waals surface area contributed by atoms with Crippen LogP contribution in [-0.2, 0) is 41.3 Å². The van der Waals surface area contributed by atoms with E-state index in [0.717, 1.165) is 24.3 Å². The molecule has 0 N–H and O–H groups in total. The lowest BCUT2D eigenvalue weighted by Gasteiger charge is -2.09. The maximum absolute atomic E-state index is 5.80. The number of hydrogen-bond acceptors (Lipinski definition) is 8. The van der Waals surface area contributed by atoms with E-state index in [4.69, 9.17) is 37.9 Å². The number of unbranched alkanes of at least 4 members (excludes halogenated alkanes) is 12. The Morgan fingerprint density at radius 1 is 0.288 bits per heavy atom. The van der Waals surface area contributed by atoms with Gasteiger partial charge >= 0.3 is 0 Å². The van der Waals surface area contributed by atoms with Gasteiger partial charge in [0.2, 0.25) is 0 Å². The monoisotopic (exact) mass is 731 g/mol. The standard InChI is InChI=1S/C44H74O8/c1-3-5-7-9-11-13-15-17-41-19-23-43(24-20-41)51-39-37-49-35-33-47-31-29-45-27-28-46-30-32-48-34-36-50-38-40-52-44-25-21-42(22-26-44)18-16-14-12-10-8-6-4-2/h19-26H,3-18,27-40H2,1-2H3. The molecule has 0 heterocycles. The average Bonchev–Trinajstić information content (AvgIpc) is 3.17. The van der Waals surface area contributed by atoms with Crippen molar-refractivity contribution < 1.29 is 37.9 Å². The molecule has 8 heteroatoms. The van der Waals surface area contributed by atoms with E-state index in [-0.39, 0.29) is 0 Å². The summed E-state index contributed by atoms with van der Waals surface area (Å²) in [5, 5.41) is 0. The van der Waals surface area contributed by atoms with Gasteiger partial charge in [-0.15, -0.1) is 0 Å². The first-order chi connectivity index (χ1) is 25.8. The number of aryl methyl sites for hydroxylation is 2. The van der Waals surface area contributed by atoms with Gasteiger partial charge in [0, 0.05) is 0 Å². The van der Waals surface area contributed by atoms with Crippen LogP contribution in [0.2, 0.25) is 0 Å². The summed E-state index contributed by atoms with van der Waals surface area (Å²) in [7, 11) is 0. The normalized spacial score (nSPS) is 11.3. The molecular formula is C44H74O8. The van der Waals surface area contributed by atoms with E-state index in [1.807, 2.05) is 0 Å². The molecule has 0 spiro atoms. The van der Waals surface area contributed by atoms with E-state index in [1.165, 1.54) is 101 Å². The van der Waals surface area contributed by atoms with Crippen LogP contribution in [0.3, 0.4) is 0 Å². The Kier molecular flexibility index (Phi) is 31.6. The summed E-state index contributed by atoms with van der Waals surface area (Å²) in [6.07, 6.45) is 21.1. The second-order valence-electron chi connectivity index (χ2n) is 13.4. The van der Waals surface area contributed by atoms with Gasteiger partial charge in [0.25, 0.3) is 0 Å². The molecule has 2 aromatic rings. The first kappa shape index (κ1) is 46.0. The minimum absolute atomic E-state index is 0.530. The van der Waals surface area contributed by atoms with Crippen molar-refractivity contribution in [3.63, 3.8) is 0 Å². The molecule has 0 aromatic heterocycles. The highest BCUT2D eigenvalue weighted by Crippen LogP contribution is 2.17. The number of rotatable bonds is 39. The molecule has 52 heavy (non-hydrogen) atoms. The molecule has 0 aliphatic carbocycles. The zero-order chi connectivity index (χ0) is 36.8. The van der Waals surface area contributed by atoms with E-state index >= 15 is 0 Å². The largest absolute Gasteiger partial charge is 0.491 e. The van der Waals surface area contributed by atoms with E-state index in [9.17, 15) is 0 Å². The van der Waals surface area contributed by atoms with E-state index in [2.05, 4.69) is 62.4 Å². The summed E-state index contributed by atoms with van der Waals surface area (Å²) >= 11 is 0. The summed E-state index contributed by atoms with van der Waals surface area (Å²) in [4.78, 5) is 0. The van der Waals surface area contributed by atoms with E-state index in [1.54, 1.807) is 0 Å². The van der Waals surface area contributed by atoms with Crippen molar-refractivity contribution in [2.45, 2.75) is 117 Å². The third-order valence-corrected chi connectivity index (χ3v) is 8.84. The van der Waals surface area contributed by atoms with Crippen LogP contribution in [0.1, 0.15) is 115 Å². The lowest BCUT2D eigenvalue weighted by molar-refractivity contribution is -0.0187. The van der Waals surface area contributed by atoms with Crippen molar-refractivity contribution in [1.82, 2.24) is 0 Å². The van der Waals surface area contributed by atoms with E-state index < -0.39 is 0 Å². The summed E-state index contributed by atoms with van der Waals surface area (Å²) in [5.41, 5.74) is 2.77. The lowest BCUT2D eigenvalue weighted by Crippen LogP contribution is -2.15. The molecule has 0 amide bonds. The SMILES string of the molecule is CCCCCCCCCc1ccc(OCCOCCOCCOCCOCCOCCOCCOc2ccc(CCCCCCCCC)cc2)cc1. The fourth-order valence-corrected chi connectivity index (χ4v) is 5.72. The minimum atomic E-state index is 0.530. The second-order valence-corrected chi connectivity index (χ2v) is 13.4. The molecule has 0 bridgehead atoms. The van der Waals surface area contributed by atoms with Crippen molar-refractivity contribution >= 4 is 0 Å². The fourth-order valence-electron chi connectivity index (χ4n) is 5.72. The first-order valence-electron chi connectivity index (χ1n) is 20.7. The van der Waals surface area contributed by atoms with Crippen molar-refractivity contribution in [3.8, 4) is 11.5 Å². The van der Waals surface area contributed by atoms with Gasteiger partial charge in [-0.2, -0.15) is 0 Å². The zero-order valence-corrected chi connectivity index (χ0v) is 33.1. The zero-order valence-electron chi connectivity index (χ0n) is 33.1. The molecule has 0 saturated heterocycles. The van der Waals surface area contributed by atoms with Gasteiger partial charge in [-0.1, -0.05) is 115 Å². The number of benzene rings is 2. The van der Waals surface area contributed by atoms with Crippen LogP contribution in [0.5, 0.6) is 11.5 Å². The molecule has 0 aliphatic heterocycles. The number of ether oxygens (including phenoxy) is 8. The van der Waals surface area contributed by atoms with Gasteiger partial charge < -0.3 is 37.9 Å². The van der Waals surface area contributed by atoms with Crippen molar-refractivity contribution in [1.29, 1.82) is 0 Å². The molecule has 0 radical (unpaired) electrons. The molecule has 2 aromatic carbocycles. The maximum Gasteiger partial charge on any atom is 0.119 e. The molecule has 0 atom stereocenters. The van der Waals surface area contributed by atoms with Gasteiger partial charge in [-0.3, -0.25) is 0 Å². The summed E-state index contributed by atoms with van der Waals surface area (Å²) in [6, 6.07) is 17.0. The summed E-state index contributed by atoms with van der Waals surface area (Å²) in [6.45, 7) is 12.0. The third kappa shape index (κ3) is 28.3. The molecule has 0 saturated carbocycles. The van der Waals surface area contributed by atoms with Gasteiger partial charge in [-0.25, -0.2) is 0 Å². The van der Waals surface area contributed by atoms with Crippen LogP contribution in [0.25, 0.3) is 0 Å². The van der Waals surface area contributed by atoms with Crippen LogP contribution in [0.4, 0.5) is 0 Å². The summed E-state index contributed by atoms with van der Waals surface area (Å²) < 4.78 is 45.0. The van der Waals surface area contributed by atoms with Gasteiger partial charge in [0.15, 0.2) is 0 Å². The Balaban J connectivity index is 1.24. The van der Waals surface area contributed by atoms with Gasteiger partial charge in [0.1, 0.15) is 24.7 Å². The Hall–Kier alpha value is -2.20. The van der Waals surface area contributed by atoms with Crippen molar-refractivity contribution in [2.75, 3.05) is 92.5 Å². The van der Waals surface area contributed by atoms with Crippen molar-refractivity contribution in [2.24, 2.45) is 0 Å². The van der Waals surface area contributed by atoms with Crippen LogP contribution < -0.4 is 9.47 Å². The van der Waals surface area contributed by atoms with Gasteiger partial charge in [-0.05, 0) is 61.1 Å². The summed E-state index contributed by atoms with van der Waals surface area (Å²) in [5.74, 6) is 1.79. The predicted molar refractivity (Wildman–Crippen MR) is 212 cm³/mol. The molecule has 298 valence electrons. The minimum Gasteiger partial charge on any atom is -0.491 e. The lowest BCUT2D eigenvalue weighted by atomic mass is 10.0. The Morgan fingerprint density at radius 3 is 0.827 bits per heavy atom. The van der Waals surface area contributed by atoms with Crippen LogP contribution in [0, 0.1) is 0 Å². The molecule has 0 aliphatic rings. The smallest absolute Gasteiger partial charge is 0.119 e. The van der Waals surface area contributed by atoms with Gasteiger partial charge in [0.05, 0.1) is 79.3 Å². The molecule has 8 nitrogen and oxygen atoms in total. The van der Waals surface area contributed by atoms with E-state index in [0.29, 0.717) is 92.5 Å². The molecule has 0 unspecified atom stereocenters. The third-order valence-electron chi connectivity index (χ3n) is 8.84. The Labute approximate surface area is 317 Å². The molecule has 2 rings (SSSR count). The van der Waals surface area contributed by atoms with Crippen molar-refractivity contribution in [3.05, 3.63) is 59.7 Å².